The third kappa shape index (κ3) is 30.0. The standard InChI is InChI=1S/C31H34N4O2.C30H34N4O3.C30H31N3O3.C27H31N3O3/c1-2-26(19-25-20-33-28-10-6-5-9-27(25)28)34-31(37)29(35-30(36)23-13-15-32-16-14-23)18-21-11-12-22-7-3-4-8-24(22)17-21;35-29(23-11-14-31-15-12-23)34-26(18-21-9-10-22-5-1-2-6-24(22)17-21)20-33-30(36)37-16-13-25-19-32-28-8-4-3-7-27(25)28;34-29(24-13-15-31-16-14-24)33-27(18-21-9-10-22-5-1-3-7-25(22)17-21)20-32-30(35)36-28-12-11-23-6-2-4-8-26(23)19-28;31-26(23-12-14-28-15-13-23)30-25(17-21-10-11-22-8-4-5-9-24(22)16-21)18-29-27(32)33-19-20-6-2-1-3-7-20/h3-13,17,20,26,29,32-33H,2,14-16,18-19H2,1H3,(H,34,37)(H,35,36);1-10,17,19,23,26,31-32H,11-16,18,20H2,(H,33,36)(H,34,35);1-12,17,19,24,27,31H,13-16,18,20H2,(H,32,35)(H,33,34);1-11,16,23,25,28H,12-15,17-19H2,(H,29,32)(H,30,31). The van der Waals surface area contributed by atoms with Gasteiger partial charge in [-0.2, -0.15) is 0 Å². The lowest BCUT2D eigenvalue weighted by atomic mass is 9.96. The van der Waals surface area contributed by atoms with Crippen molar-refractivity contribution in [2.24, 2.45) is 17.8 Å². The molecule has 0 radical (unpaired) electrons. The number of piperidine rings is 3. The predicted octanol–water partition coefficient (Wildman–Crippen LogP) is 17.3. The Labute approximate surface area is 834 Å². The lowest BCUT2D eigenvalue weighted by Gasteiger charge is -2.26. The van der Waals surface area contributed by atoms with E-state index in [0.29, 0.717) is 63.9 Å². The number of H-pyrrole nitrogens is 2. The second-order valence-corrected chi connectivity index (χ2v) is 37.5. The topological polar surface area (TPSA) is 340 Å². The number of hydrogen-bond acceptors (Lipinski definition) is 15. The minimum absolute atomic E-state index is 0.00322. The molecule has 738 valence electrons. The zero-order valence-electron chi connectivity index (χ0n) is 81.1. The molecule has 13 aromatic carbocycles. The molecule has 0 aliphatic carbocycles. The first kappa shape index (κ1) is 101. The van der Waals surface area contributed by atoms with Crippen molar-refractivity contribution in [1.29, 1.82) is 0 Å². The maximum Gasteiger partial charge on any atom is 0.412 e. The number of fused-ring (bicyclic) bond motifs is 7. The summed E-state index contributed by atoms with van der Waals surface area (Å²) < 4.78 is 16.3. The molecule has 2 aromatic heterocycles. The molecule has 4 aliphatic rings. The average Bonchev–Trinajstić information content (AvgIpc) is 1.63. The van der Waals surface area contributed by atoms with E-state index in [4.69, 9.17) is 14.2 Å². The molecule has 15 aromatic rings. The van der Waals surface area contributed by atoms with E-state index in [2.05, 4.69) is 214 Å². The van der Waals surface area contributed by atoms with E-state index in [1.54, 1.807) is 6.07 Å². The number of para-hydroxylation sites is 2. The molecule has 6 heterocycles. The molecule has 25 heteroatoms. The second-order valence-electron chi connectivity index (χ2n) is 37.5. The summed E-state index contributed by atoms with van der Waals surface area (Å²) in [4.78, 5) is 110. The van der Waals surface area contributed by atoms with E-state index in [0.717, 1.165) is 190 Å². The van der Waals surface area contributed by atoms with Gasteiger partial charge in [-0.1, -0.05) is 280 Å². The number of aromatic amines is 2. The SMILES string of the molecule is CCC(Cc1c[nH]c2ccccc12)NC(=O)C(Cc1ccc2ccccc2c1)NC(=O)C1=CCNCC1.O=C(NCC(Cc1ccc2ccccc2c1)NC(=O)C1CCNCC1)OCCc1c[nH]c2ccccc12.O=C(NCC(Cc1ccc2ccccc2c1)NC(=O)C1CCNCC1)OCc1ccccc1.O=C(NCC(Cc1ccc2ccccc2c1)NC(=O)C1CCNCC1)Oc1ccc2ccccc2c1. The van der Waals surface area contributed by atoms with Crippen molar-refractivity contribution in [3.05, 3.63) is 354 Å². The molecule has 19 rings (SSSR count). The summed E-state index contributed by atoms with van der Waals surface area (Å²) in [5, 5.41) is 51.2. The van der Waals surface area contributed by atoms with Crippen molar-refractivity contribution >= 4 is 123 Å². The lowest BCUT2D eigenvalue weighted by molar-refractivity contribution is -0.128. The zero-order valence-corrected chi connectivity index (χ0v) is 81.1. The van der Waals surface area contributed by atoms with Crippen LogP contribution in [0.4, 0.5) is 14.4 Å². The van der Waals surface area contributed by atoms with Crippen LogP contribution >= 0.6 is 0 Å². The third-order valence-electron chi connectivity index (χ3n) is 27.2. The number of nitrogens with one attached hydrogen (secondary N) is 14. The quantitative estimate of drug-likeness (QED) is 0.0182. The Kier molecular flexibility index (Phi) is 36.7. The number of alkyl carbamates (subject to hydrolysis) is 2. The predicted molar refractivity (Wildman–Crippen MR) is 569 cm³/mol. The summed E-state index contributed by atoms with van der Waals surface area (Å²) >= 11 is 0. The van der Waals surface area contributed by atoms with Crippen molar-refractivity contribution in [3.63, 3.8) is 0 Å². The normalized spacial score (nSPS) is 15.0. The summed E-state index contributed by atoms with van der Waals surface area (Å²) in [6, 6.07) is 96.0. The minimum Gasteiger partial charge on any atom is -0.449 e. The van der Waals surface area contributed by atoms with Gasteiger partial charge in [-0.25, -0.2) is 14.4 Å². The van der Waals surface area contributed by atoms with E-state index in [9.17, 15) is 38.4 Å². The van der Waals surface area contributed by atoms with Crippen LogP contribution in [0, 0.1) is 17.8 Å². The molecule has 5 atom stereocenters. The summed E-state index contributed by atoms with van der Waals surface area (Å²) in [5.41, 5.74) is 10.5. The molecule has 0 spiro atoms. The van der Waals surface area contributed by atoms with E-state index in [-0.39, 0.29) is 91.2 Å². The van der Waals surface area contributed by atoms with Gasteiger partial charge in [-0.3, -0.25) is 24.0 Å². The maximum atomic E-state index is 13.6. The molecule has 4 aliphatic heterocycles. The minimum atomic E-state index is -0.665. The smallest absolute Gasteiger partial charge is 0.412 e. The molecular formula is C118H130N14O11. The van der Waals surface area contributed by atoms with Crippen molar-refractivity contribution in [2.45, 2.75) is 134 Å². The lowest BCUT2D eigenvalue weighted by Crippen LogP contribution is -2.51. The van der Waals surface area contributed by atoms with Crippen LogP contribution in [0.3, 0.4) is 0 Å². The van der Waals surface area contributed by atoms with Gasteiger partial charge in [-0.05, 0) is 240 Å². The van der Waals surface area contributed by atoms with E-state index in [1.165, 1.54) is 27.1 Å². The highest BCUT2D eigenvalue weighted by atomic mass is 16.6. The van der Waals surface area contributed by atoms with Crippen LogP contribution in [-0.4, -0.2) is 167 Å². The van der Waals surface area contributed by atoms with Crippen LogP contribution in [0.2, 0.25) is 0 Å². The van der Waals surface area contributed by atoms with Gasteiger partial charge in [-0.15, -0.1) is 0 Å². The molecule has 3 saturated heterocycles. The summed E-state index contributed by atoms with van der Waals surface area (Å²) in [7, 11) is 0. The van der Waals surface area contributed by atoms with Crippen LogP contribution in [0.25, 0.3) is 75.7 Å². The Hall–Kier alpha value is -15.0. The van der Waals surface area contributed by atoms with Gasteiger partial charge in [0.05, 0.1) is 24.7 Å². The number of carbonyl (C=O) groups is 8. The largest absolute Gasteiger partial charge is 0.449 e. The molecule has 8 amide bonds. The third-order valence-corrected chi connectivity index (χ3v) is 27.2. The molecule has 14 N–H and O–H groups in total. The van der Waals surface area contributed by atoms with Gasteiger partial charge in [0.1, 0.15) is 18.4 Å². The number of benzene rings is 13. The summed E-state index contributed by atoms with van der Waals surface area (Å²) in [6.07, 6.45) is 14.5. The number of carbonyl (C=O) groups excluding carboxylic acids is 8. The summed E-state index contributed by atoms with van der Waals surface area (Å²) in [5.74, 6) is 0.343. The number of amides is 8. The monoisotopic (exact) mass is 1920 g/mol. The molecular weight excluding hydrogens is 1790 g/mol. The Morgan fingerprint density at radius 2 is 0.727 bits per heavy atom. The molecule has 5 unspecified atom stereocenters. The van der Waals surface area contributed by atoms with E-state index >= 15 is 0 Å². The fourth-order valence-corrected chi connectivity index (χ4v) is 19.1. The van der Waals surface area contributed by atoms with Gasteiger partial charge < -0.3 is 88.0 Å². The van der Waals surface area contributed by atoms with Crippen molar-refractivity contribution in [3.8, 4) is 5.75 Å². The summed E-state index contributed by atoms with van der Waals surface area (Å²) in [6.45, 7) is 10.0. The van der Waals surface area contributed by atoms with Crippen LogP contribution in [0.1, 0.15) is 97.2 Å². The molecule has 25 nitrogen and oxygen atoms in total. The Balaban J connectivity index is 0.000000137. The number of rotatable bonds is 33. The van der Waals surface area contributed by atoms with Crippen LogP contribution in [-0.2, 0) is 78.6 Å². The van der Waals surface area contributed by atoms with Gasteiger partial charge >= 0.3 is 18.3 Å². The fourth-order valence-electron chi connectivity index (χ4n) is 19.1. The van der Waals surface area contributed by atoms with E-state index < -0.39 is 24.3 Å². The number of aromatic nitrogens is 2. The zero-order chi connectivity index (χ0) is 98.7. The Bertz CT molecular complexity index is 6840. The maximum absolute atomic E-state index is 13.6. The Morgan fingerprint density at radius 3 is 1.17 bits per heavy atom. The first-order valence-electron chi connectivity index (χ1n) is 50.4. The molecule has 143 heavy (non-hydrogen) atoms. The highest BCUT2D eigenvalue weighted by Gasteiger charge is 2.31. The van der Waals surface area contributed by atoms with E-state index in [1.807, 2.05) is 170 Å². The van der Waals surface area contributed by atoms with Gasteiger partial charge in [0.25, 0.3) is 0 Å². The molecule has 0 bridgehead atoms. The van der Waals surface area contributed by atoms with Crippen molar-refractivity contribution < 1.29 is 52.6 Å². The number of hydrogen-bond donors (Lipinski definition) is 14. The first-order valence-corrected chi connectivity index (χ1v) is 50.4. The van der Waals surface area contributed by atoms with Gasteiger partial charge in [0.2, 0.25) is 29.5 Å². The van der Waals surface area contributed by atoms with Gasteiger partial charge in [0.15, 0.2) is 0 Å². The Morgan fingerprint density at radius 1 is 0.343 bits per heavy atom. The van der Waals surface area contributed by atoms with Crippen LogP contribution in [0.5, 0.6) is 5.75 Å². The van der Waals surface area contributed by atoms with Gasteiger partial charge in [0, 0.05) is 103 Å². The van der Waals surface area contributed by atoms with Crippen LogP contribution < -0.4 is 68.5 Å². The van der Waals surface area contributed by atoms with Crippen LogP contribution in [0.15, 0.2) is 315 Å². The number of ether oxygens (including phenoxy) is 3. The highest BCUT2D eigenvalue weighted by molar-refractivity contribution is 5.98. The van der Waals surface area contributed by atoms with Crippen molar-refractivity contribution in [2.75, 3.05) is 78.6 Å². The average molecular weight is 1920 g/mol. The molecule has 0 saturated carbocycles. The highest BCUT2D eigenvalue weighted by Crippen LogP contribution is 2.28. The first-order chi connectivity index (χ1) is 70.1. The fraction of sp³-hybridized carbons (Fsp3) is 0.305. The second kappa shape index (κ2) is 51.9. The molecule has 3 fully saturated rings. The van der Waals surface area contributed by atoms with Crippen molar-refractivity contribution in [1.82, 2.24) is 73.8 Å².